The molecule has 32 heavy (non-hydrogen) atoms. The first-order valence-corrected chi connectivity index (χ1v) is 10.6. The van der Waals surface area contributed by atoms with Crippen molar-refractivity contribution in [3.8, 4) is 11.5 Å². The molecule has 8 nitrogen and oxygen atoms in total. The quantitative estimate of drug-likeness (QED) is 0.585. The van der Waals surface area contributed by atoms with E-state index < -0.39 is 0 Å². The molecule has 1 aliphatic rings. The van der Waals surface area contributed by atoms with Gasteiger partial charge in [0, 0.05) is 44.9 Å². The van der Waals surface area contributed by atoms with Crippen LogP contribution < -0.4 is 19.7 Å². The van der Waals surface area contributed by atoms with E-state index in [2.05, 4.69) is 49.4 Å². The number of hydrogen-bond acceptors (Lipinski definition) is 7. The van der Waals surface area contributed by atoms with E-state index in [0.717, 1.165) is 38.5 Å². The van der Waals surface area contributed by atoms with Gasteiger partial charge < -0.3 is 19.7 Å². The fourth-order valence-corrected chi connectivity index (χ4v) is 3.58. The Balaban J connectivity index is 1.27. The number of rotatable bonds is 8. The van der Waals surface area contributed by atoms with Gasteiger partial charge >= 0.3 is 0 Å². The summed E-state index contributed by atoms with van der Waals surface area (Å²) in [5.74, 6) is 2.22. The summed E-state index contributed by atoms with van der Waals surface area (Å²) in [4.78, 5) is 25.5. The first-order valence-electron chi connectivity index (χ1n) is 10.6. The van der Waals surface area contributed by atoms with Crippen LogP contribution >= 0.6 is 0 Å². The van der Waals surface area contributed by atoms with Crippen molar-refractivity contribution >= 4 is 17.5 Å². The lowest BCUT2D eigenvalue weighted by Gasteiger charge is -2.35. The van der Waals surface area contributed by atoms with Gasteiger partial charge in [0.25, 0.3) is 5.91 Å². The third-order valence-corrected chi connectivity index (χ3v) is 5.28. The molecule has 1 fully saturated rings. The summed E-state index contributed by atoms with van der Waals surface area (Å²) >= 11 is 0. The lowest BCUT2D eigenvalue weighted by atomic mass is 10.2. The van der Waals surface area contributed by atoms with Gasteiger partial charge in [-0.1, -0.05) is 36.4 Å². The Morgan fingerprint density at radius 1 is 0.969 bits per heavy atom. The number of nitrogens with zero attached hydrogens (tertiary/aromatic N) is 4. The Labute approximate surface area is 187 Å². The fourth-order valence-electron chi connectivity index (χ4n) is 3.58. The van der Waals surface area contributed by atoms with E-state index in [-0.39, 0.29) is 12.5 Å². The number of carbonyl (C=O) groups is 1. The number of nitrogens with one attached hydrogen (secondary N) is 1. The van der Waals surface area contributed by atoms with E-state index in [1.807, 2.05) is 18.2 Å². The number of benzene rings is 2. The van der Waals surface area contributed by atoms with Gasteiger partial charge in [0.1, 0.15) is 29.5 Å². The van der Waals surface area contributed by atoms with Gasteiger partial charge in [-0.25, -0.2) is 9.97 Å². The molecule has 0 bridgehead atoms. The van der Waals surface area contributed by atoms with Crippen LogP contribution in [0.25, 0.3) is 0 Å². The zero-order valence-corrected chi connectivity index (χ0v) is 18.1. The summed E-state index contributed by atoms with van der Waals surface area (Å²) < 4.78 is 10.7. The van der Waals surface area contributed by atoms with Crippen molar-refractivity contribution in [1.82, 2.24) is 14.9 Å². The molecule has 0 atom stereocenters. The summed E-state index contributed by atoms with van der Waals surface area (Å²) in [7, 11) is 1.58. The second-order valence-electron chi connectivity index (χ2n) is 7.53. The molecule has 0 aliphatic carbocycles. The van der Waals surface area contributed by atoms with Gasteiger partial charge in [-0.15, -0.1) is 0 Å². The molecule has 2 aromatic carbocycles. The molecule has 1 amide bonds. The first kappa shape index (κ1) is 21.6. The molecular formula is C24H27N5O3. The zero-order valence-electron chi connectivity index (χ0n) is 18.1. The summed E-state index contributed by atoms with van der Waals surface area (Å²) in [6.07, 6.45) is 1.48. The van der Waals surface area contributed by atoms with Crippen molar-refractivity contribution < 1.29 is 14.3 Å². The molecule has 3 aromatic rings. The Morgan fingerprint density at radius 3 is 2.53 bits per heavy atom. The number of amides is 1. The standard InChI is InChI=1S/C24H27N5O3/c1-31-20-8-5-9-21(14-20)32-17-24(30)27-22-15-23(26-18-25-22)29-12-10-28(11-13-29)16-19-6-3-2-4-7-19/h2-9,14-15,18H,10-13,16-17H2,1H3,(H,25,26,27,30). The Bertz CT molecular complexity index is 1020. The van der Waals surface area contributed by atoms with E-state index in [0.29, 0.717) is 17.3 Å². The average molecular weight is 434 g/mol. The normalized spacial score (nSPS) is 14.1. The maximum absolute atomic E-state index is 12.3. The van der Waals surface area contributed by atoms with Crippen LogP contribution in [-0.4, -0.2) is 60.7 Å². The molecule has 8 heteroatoms. The summed E-state index contributed by atoms with van der Waals surface area (Å²) in [6, 6.07) is 19.4. The van der Waals surface area contributed by atoms with Crippen molar-refractivity contribution in [3.63, 3.8) is 0 Å². The Morgan fingerprint density at radius 2 is 1.75 bits per heavy atom. The third kappa shape index (κ3) is 5.95. The highest BCUT2D eigenvalue weighted by Gasteiger charge is 2.19. The van der Waals surface area contributed by atoms with E-state index >= 15 is 0 Å². The number of ether oxygens (including phenoxy) is 2. The highest BCUT2D eigenvalue weighted by Crippen LogP contribution is 2.19. The predicted octanol–water partition coefficient (Wildman–Crippen LogP) is 2.82. The maximum Gasteiger partial charge on any atom is 0.263 e. The van der Waals surface area contributed by atoms with Gasteiger partial charge in [-0.05, 0) is 17.7 Å². The van der Waals surface area contributed by atoms with E-state index in [1.165, 1.54) is 11.9 Å². The predicted molar refractivity (Wildman–Crippen MR) is 123 cm³/mol. The number of piperazine rings is 1. The SMILES string of the molecule is COc1cccc(OCC(=O)Nc2cc(N3CCN(Cc4ccccc4)CC3)ncn2)c1. The molecule has 1 aliphatic heterocycles. The monoisotopic (exact) mass is 433 g/mol. The molecular weight excluding hydrogens is 406 g/mol. The number of carbonyl (C=O) groups excluding carboxylic acids is 1. The number of hydrogen-bond donors (Lipinski definition) is 1. The minimum absolute atomic E-state index is 0.120. The van der Waals surface area contributed by atoms with Crippen LogP contribution in [0.15, 0.2) is 67.0 Å². The van der Waals surface area contributed by atoms with Gasteiger partial charge in [0.2, 0.25) is 0 Å². The summed E-state index contributed by atoms with van der Waals surface area (Å²) in [5, 5.41) is 2.78. The smallest absolute Gasteiger partial charge is 0.263 e. The minimum Gasteiger partial charge on any atom is -0.497 e. The van der Waals surface area contributed by atoms with E-state index in [9.17, 15) is 4.79 Å². The Hall–Kier alpha value is -3.65. The van der Waals surface area contributed by atoms with Crippen molar-refractivity contribution in [3.05, 3.63) is 72.6 Å². The van der Waals surface area contributed by atoms with Crippen LogP contribution in [0.1, 0.15) is 5.56 Å². The van der Waals surface area contributed by atoms with Crippen LogP contribution in [0.2, 0.25) is 0 Å². The van der Waals surface area contributed by atoms with Crippen molar-refractivity contribution in [2.75, 3.05) is 50.1 Å². The molecule has 1 aromatic heterocycles. The molecule has 166 valence electrons. The maximum atomic E-state index is 12.3. The van der Waals surface area contributed by atoms with Gasteiger partial charge in [-0.3, -0.25) is 9.69 Å². The molecule has 1 N–H and O–H groups in total. The second kappa shape index (κ2) is 10.6. The molecule has 0 saturated carbocycles. The lowest BCUT2D eigenvalue weighted by Crippen LogP contribution is -2.46. The minimum atomic E-state index is -0.287. The summed E-state index contributed by atoms with van der Waals surface area (Å²) in [5.41, 5.74) is 1.32. The lowest BCUT2D eigenvalue weighted by molar-refractivity contribution is -0.118. The van der Waals surface area contributed by atoms with Gasteiger partial charge in [-0.2, -0.15) is 0 Å². The van der Waals surface area contributed by atoms with Crippen LogP contribution in [0.3, 0.4) is 0 Å². The molecule has 0 spiro atoms. The number of aromatic nitrogens is 2. The molecule has 0 radical (unpaired) electrons. The molecule has 4 rings (SSSR count). The van der Waals surface area contributed by atoms with Crippen LogP contribution in [0.4, 0.5) is 11.6 Å². The average Bonchev–Trinajstić information content (AvgIpc) is 2.84. The van der Waals surface area contributed by atoms with Crippen molar-refractivity contribution in [1.29, 1.82) is 0 Å². The molecule has 2 heterocycles. The Kier molecular flexibility index (Phi) is 7.14. The van der Waals surface area contributed by atoms with Crippen LogP contribution in [0.5, 0.6) is 11.5 Å². The number of methoxy groups -OCH3 is 1. The van der Waals surface area contributed by atoms with Crippen molar-refractivity contribution in [2.45, 2.75) is 6.54 Å². The molecule has 1 saturated heterocycles. The topological polar surface area (TPSA) is 79.8 Å². The van der Waals surface area contributed by atoms with E-state index in [1.54, 1.807) is 25.3 Å². The van der Waals surface area contributed by atoms with Crippen molar-refractivity contribution in [2.24, 2.45) is 0 Å². The largest absolute Gasteiger partial charge is 0.497 e. The zero-order chi connectivity index (χ0) is 22.2. The van der Waals surface area contributed by atoms with Gasteiger partial charge in [0.05, 0.1) is 7.11 Å². The second-order valence-corrected chi connectivity index (χ2v) is 7.53. The van der Waals surface area contributed by atoms with Crippen LogP contribution in [-0.2, 0) is 11.3 Å². The molecule has 0 unspecified atom stereocenters. The van der Waals surface area contributed by atoms with Gasteiger partial charge in [0.15, 0.2) is 6.61 Å². The number of anilines is 2. The van der Waals surface area contributed by atoms with Crippen LogP contribution in [0, 0.1) is 0 Å². The summed E-state index contributed by atoms with van der Waals surface area (Å²) in [6.45, 7) is 4.48. The highest BCUT2D eigenvalue weighted by atomic mass is 16.5. The third-order valence-electron chi connectivity index (χ3n) is 5.28. The fraction of sp³-hybridized carbons (Fsp3) is 0.292. The van der Waals surface area contributed by atoms with E-state index in [4.69, 9.17) is 9.47 Å². The first-order chi connectivity index (χ1) is 15.7. The highest BCUT2D eigenvalue weighted by molar-refractivity contribution is 5.91.